The molecule has 2 unspecified atom stereocenters. The zero-order valence-corrected chi connectivity index (χ0v) is 14.4. The number of rotatable bonds is 3. The highest BCUT2D eigenvalue weighted by Crippen LogP contribution is 2.28. The Hall–Kier alpha value is -1.32. The van der Waals surface area contributed by atoms with Crippen LogP contribution in [0.5, 0.6) is 0 Å². The van der Waals surface area contributed by atoms with Gasteiger partial charge >= 0.3 is 0 Å². The maximum atomic E-state index is 4.85. The molecule has 1 N–H and O–H groups in total. The van der Waals surface area contributed by atoms with Crippen molar-refractivity contribution in [3.8, 4) is 0 Å². The molecular weight excluding hydrogens is 260 g/mol. The molecule has 0 radical (unpaired) electrons. The van der Waals surface area contributed by atoms with Gasteiger partial charge in [0.25, 0.3) is 0 Å². The first kappa shape index (κ1) is 16.1. The highest BCUT2D eigenvalue weighted by molar-refractivity contribution is 5.50. The number of nitrogens with one attached hydrogen (secondary N) is 1. The van der Waals surface area contributed by atoms with E-state index in [2.05, 4.69) is 62.8 Å². The molecule has 0 aromatic carbocycles. The lowest BCUT2D eigenvalue weighted by molar-refractivity contribution is 0.354. The topological polar surface area (TPSA) is 41.0 Å². The molecule has 2 rings (SSSR count). The average molecular weight is 290 g/mol. The Morgan fingerprint density at radius 2 is 1.81 bits per heavy atom. The molecule has 1 saturated heterocycles. The molecule has 21 heavy (non-hydrogen) atoms. The van der Waals surface area contributed by atoms with Crippen molar-refractivity contribution >= 4 is 11.6 Å². The SMILES string of the molecule is CCNc1cc(N2CC(C)CC(C)C2)nc(C(C)(C)C)n1. The van der Waals surface area contributed by atoms with E-state index in [0.717, 1.165) is 48.9 Å². The first-order valence-electron chi connectivity index (χ1n) is 8.18. The van der Waals surface area contributed by atoms with Gasteiger partial charge in [-0.25, -0.2) is 9.97 Å². The summed E-state index contributed by atoms with van der Waals surface area (Å²) in [6, 6.07) is 2.10. The first-order chi connectivity index (χ1) is 9.79. The maximum absolute atomic E-state index is 4.85. The molecule has 0 aliphatic carbocycles. The summed E-state index contributed by atoms with van der Waals surface area (Å²) < 4.78 is 0. The van der Waals surface area contributed by atoms with Gasteiger partial charge in [-0.1, -0.05) is 34.6 Å². The fraction of sp³-hybridized carbons (Fsp3) is 0.765. The fourth-order valence-electron chi connectivity index (χ4n) is 3.05. The van der Waals surface area contributed by atoms with Crippen molar-refractivity contribution in [2.45, 2.75) is 53.4 Å². The molecule has 2 heterocycles. The Bertz CT molecular complexity index is 468. The van der Waals surface area contributed by atoms with E-state index in [0.29, 0.717) is 0 Å². The molecule has 118 valence electrons. The van der Waals surface area contributed by atoms with E-state index in [1.54, 1.807) is 0 Å². The maximum Gasteiger partial charge on any atom is 0.138 e. The van der Waals surface area contributed by atoms with Gasteiger partial charge in [-0.3, -0.25) is 0 Å². The number of aromatic nitrogens is 2. The van der Waals surface area contributed by atoms with Gasteiger partial charge in [0.1, 0.15) is 17.5 Å². The third-order valence-electron chi connectivity index (χ3n) is 3.93. The summed E-state index contributed by atoms with van der Waals surface area (Å²) in [5.74, 6) is 4.39. The number of piperidine rings is 1. The largest absolute Gasteiger partial charge is 0.370 e. The lowest BCUT2D eigenvalue weighted by Crippen LogP contribution is -2.39. The highest BCUT2D eigenvalue weighted by Gasteiger charge is 2.25. The van der Waals surface area contributed by atoms with Gasteiger partial charge in [0.2, 0.25) is 0 Å². The summed E-state index contributed by atoms with van der Waals surface area (Å²) in [7, 11) is 0. The summed E-state index contributed by atoms with van der Waals surface area (Å²) in [5.41, 5.74) is -0.0345. The number of anilines is 2. The van der Waals surface area contributed by atoms with E-state index < -0.39 is 0 Å². The zero-order valence-electron chi connectivity index (χ0n) is 14.4. The Balaban J connectivity index is 2.35. The Kier molecular flexibility index (Phi) is 4.74. The van der Waals surface area contributed by atoms with Gasteiger partial charge in [0.05, 0.1) is 0 Å². The zero-order chi connectivity index (χ0) is 15.6. The lowest BCUT2D eigenvalue weighted by atomic mass is 9.92. The molecule has 4 heteroatoms. The van der Waals surface area contributed by atoms with Crippen molar-refractivity contribution in [2.75, 3.05) is 29.9 Å². The van der Waals surface area contributed by atoms with Gasteiger partial charge in [-0.2, -0.15) is 0 Å². The van der Waals surface area contributed by atoms with Crippen molar-refractivity contribution in [3.05, 3.63) is 11.9 Å². The van der Waals surface area contributed by atoms with E-state index in [9.17, 15) is 0 Å². The molecule has 1 aromatic heterocycles. The molecule has 4 nitrogen and oxygen atoms in total. The van der Waals surface area contributed by atoms with Crippen LogP contribution in [0.4, 0.5) is 11.6 Å². The van der Waals surface area contributed by atoms with Crippen LogP contribution in [0, 0.1) is 11.8 Å². The number of hydrogen-bond acceptors (Lipinski definition) is 4. The Labute approximate surface area is 129 Å². The number of nitrogens with zero attached hydrogens (tertiary/aromatic N) is 3. The van der Waals surface area contributed by atoms with Crippen LogP contribution in [0.15, 0.2) is 6.07 Å². The predicted molar refractivity (Wildman–Crippen MR) is 90.1 cm³/mol. The smallest absolute Gasteiger partial charge is 0.138 e. The van der Waals surface area contributed by atoms with Crippen molar-refractivity contribution in [1.82, 2.24) is 9.97 Å². The molecule has 0 amide bonds. The summed E-state index contributed by atoms with van der Waals surface area (Å²) in [6.45, 7) is 16.3. The van der Waals surface area contributed by atoms with Crippen LogP contribution in [0.1, 0.15) is 53.8 Å². The summed E-state index contributed by atoms with van der Waals surface area (Å²) in [4.78, 5) is 12.0. The lowest BCUT2D eigenvalue weighted by Gasteiger charge is -2.36. The standard InChI is InChI=1S/C17H30N4/c1-7-18-14-9-15(20-16(19-14)17(4,5)6)21-10-12(2)8-13(3)11-21/h9,12-13H,7-8,10-11H2,1-6H3,(H,18,19,20). The van der Waals surface area contributed by atoms with Crippen LogP contribution < -0.4 is 10.2 Å². The normalized spacial score (nSPS) is 23.2. The Morgan fingerprint density at radius 3 is 2.33 bits per heavy atom. The molecule has 1 aliphatic rings. The van der Waals surface area contributed by atoms with Crippen LogP contribution in [0.25, 0.3) is 0 Å². The predicted octanol–water partition coefficient (Wildman–Crippen LogP) is 3.69. The molecule has 0 spiro atoms. The molecule has 1 fully saturated rings. The van der Waals surface area contributed by atoms with Gasteiger partial charge in [-0.15, -0.1) is 0 Å². The van der Waals surface area contributed by atoms with Gasteiger partial charge in [0.15, 0.2) is 0 Å². The van der Waals surface area contributed by atoms with Crippen molar-refractivity contribution < 1.29 is 0 Å². The fourth-order valence-corrected chi connectivity index (χ4v) is 3.05. The molecule has 2 atom stereocenters. The molecule has 0 bridgehead atoms. The second kappa shape index (κ2) is 6.20. The van der Waals surface area contributed by atoms with Crippen molar-refractivity contribution in [3.63, 3.8) is 0 Å². The average Bonchev–Trinajstić information content (AvgIpc) is 2.36. The number of hydrogen-bond donors (Lipinski definition) is 1. The summed E-state index contributed by atoms with van der Waals surface area (Å²) in [6.07, 6.45) is 1.31. The second-order valence-corrected chi connectivity index (χ2v) is 7.57. The van der Waals surface area contributed by atoms with Crippen LogP contribution in [0.3, 0.4) is 0 Å². The van der Waals surface area contributed by atoms with E-state index in [1.165, 1.54) is 6.42 Å². The van der Waals surface area contributed by atoms with Crippen molar-refractivity contribution in [1.29, 1.82) is 0 Å². The summed E-state index contributed by atoms with van der Waals surface area (Å²) >= 11 is 0. The second-order valence-electron chi connectivity index (χ2n) is 7.57. The van der Waals surface area contributed by atoms with Crippen LogP contribution in [-0.4, -0.2) is 29.6 Å². The minimum atomic E-state index is -0.0345. The Morgan fingerprint density at radius 1 is 1.19 bits per heavy atom. The van der Waals surface area contributed by atoms with E-state index in [-0.39, 0.29) is 5.41 Å². The third-order valence-corrected chi connectivity index (χ3v) is 3.93. The quantitative estimate of drug-likeness (QED) is 0.922. The summed E-state index contributed by atoms with van der Waals surface area (Å²) in [5, 5.41) is 3.34. The van der Waals surface area contributed by atoms with Crippen molar-refractivity contribution in [2.24, 2.45) is 11.8 Å². The first-order valence-corrected chi connectivity index (χ1v) is 8.18. The van der Waals surface area contributed by atoms with E-state index >= 15 is 0 Å². The molecule has 0 saturated carbocycles. The monoisotopic (exact) mass is 290 g/mol. The van der Waals surface area contributed by atoms with Gasteiger partial charge in [-0.05, 0) is 25.2 Å². The minimum absolute atomic E-state index is 0.0345. The van der Waals surface area contributed by atoms with Crippen LogP contribution in [0.2, 0.25) is 0 Å². The minimum Gasteiger partial charge on any atom is -0.370 e. The van der Waals surface area contributed by atoms with Gasteiger partial charge in [0, 0.05) is 31.1 Å². The van der Waals surface area contributed by atoms with E-state index in [4.69, 9.17) is 4.98 Å². The third kappa shape index (κ3) is 4.08. The highest BCUT2D eigenvalue weighted by atomic mass is 15.2. The van der Waals surface area contributed by atoms with E-state index in [1.807, 2.05) is 0 Å². The molecule has 1 aromatic rings. The molecular formula is C17H30N4. The van der Waals surface area contributed by atoms with Crippen LogP contribution in [-0.2, 0) is 5.41 Å². The van der Waals surface area contributed by atoms with Gasteiger partial charge < -0.3 is 10.2 Å². The van der Waals surface area contributed by atoms with Crippen LogP contribution >= 0.6 is 0 Å². The molecule has 1 aliphatic heterocycles.